The fourth-order valence-corrected chi connectivity index (χ4v) is 1.99. The quantitative estimate of drug-likeness (QED) is 0.601. The highest BCUT2D eigenvalue weighted by Gasteiger charge is 2.19. The number of methoxy groups -OCH3 is 1. The van der Waals surface area contributed by atoms with Gasteiger partial charge < -0.3 is 25.8 Å². The minimum absolute atomic E-state index is 0.0529. The van der Waals surface area contributed by atoms with Gasteiger partial charge in [-0.25, -0.2) is 4.99 Å². The number of nitrogens with zero attached hydrogens (tertiary/aromatic N) is 2. The van der Waals surface area contributed by atoms with E-state index < -0.39 is 0 Å². The average Bonchev–Trinajstić information content (AvgIpc) is 2.47. The van der Waals surface area contributed by atoms with Crippen molar-refractivity contribution in [3.63, 3.8) is 0 Å². The number of guanidine groups is 1. The van der Waals surface area contributed by atoms with E-state index in [1.54, 1.807) is 23.1 Å². The maximum atomic E-state index is 12.3. The molecule has 0 atom stereocenters. The number of nitrogens with two attached hydrogens (primary N) is 2. The molecule has 1 aromatic rings. The van der Waals surface area contributed by atoms with Crippen LogP contribution in [0, 0.1) is 0 Å². The van der Waals surface area contributed by atoms with Gasteiger partial charge >= 0.3 is 0 Å². The topological polar surface area (TPSA) is 103 Å². The van der Waals surface area contributed by atoms with Gasteiger partial charge in [-0.1, -0.05) is 0 Å². The second-order valence-corrected chi connectivity index (χ2v) is 4.33. The molecule has 0 bridgehead atoms. The summed E-state index contributed by atoms with van der Waals surface area (Å²) in [5.41, 5.74) is 11.7. The van der Waals surface area contributed by atoms with E-state index in [9.17, 15) is 4.79 Å². The highest BCUT2D eigenvalue weighted by atomic mass is 16.5. The molecule has 0 aromatic heterocycles. The van der Waals surface area contributed by atoms with Gasteiger partial charge in [-0.15, -0.1) is 0 Å². The highest BCUT2D eigenvalue weighted by molar-refractivity contribution is 5.95. The summed E-state index contributed by atoms with van der Waals surface area (Å²) in [7, 11) is 1.50. The van der Waals surface area contributed by atoms with Gasteiger partial charge in [0.1, 0.15) is 11.4 Å². The van der Waals surface area contributed by atoms with Crippen LogP contribution in [0.5, 0.6) is 5.75 Å². The molecular weight excluding hydrogens is 260 g/mol. The fraction of sp³-hybridized carbons (Fsp3) is 0.385. The summed E-state index contributed by atoms with van der Waals surface area (Å²) in [5.74, 6) is 0.343. The summed E-state index contributed by atoms with van der Waals surface area (Å²) < 4.78 is 10.4. The predicted molar refractivity (Wildman–Crippen MR) is 75.2 cm³/mol. The standard InChI is InChI=1S/C13H18N4O3/c1-19-11-8-9(2-3-10(11)16-13(14)15)12(18)17-4-6-20-7-5-17/h2-3,8H,4-7H2,1H3,(H4,14,15,16). The van der Waals surface area contributed by atoms with Crippen LogP contribution < -0.4 is 16.2 Å². The average molecular weight is 278 g/mol. The Balaban J connectivity index is 2.24. The Morgan fingerprint density at radius 1 is 1.35 bits per heavy atom. The molecule has 0 radical (unpaired) electrons. The molecule has 108 valence electrons. The molecule has 1 aliphatic rings. The number of rotatable bonds is 3. The number of morpholine rings is 1. The van der Waals surface area contributed by atoms with E-state index in [1.165, 1.54) is 7.11 Å². The Bertz CT molecular complexity index is 520. The van der Waals surface area contributed by atoms with Gasteiger partial charge in [0.25, 0.3) is 5.91 Å². The smallest absolute Gasteiger partial charge is 0.254 e. The summed E-state index contributed by atoms with van der Waals surface area (Å²) in [4.78, 5) is 18.0. The normalized spacial score (nSPS) is 14.8. The van der Waals surface area contributed by atoms with E-state index in [4.69, 9.17) is 20.9 Å². The van der Waals surface area contributed by atoms with Gasteiger partial charge in [-0.05, 0) is 18.2 Å². The summed E-state index contributed by atoms with van der Waals surface area (Å²) in [6.45, 7) is 2.32. The lowest BCUT2D eigenvalue weighted by Crippen LogP contribution is -2.40. The second kappa shape index (κ2) is 6.25. The third-order valence-electron chi connectivity index (χ3n) is 2.97. The lowest BCUT2D eigenvalue weighted by Gasteiger charge is -2.27. The fourth-order valence-electron chi connectivity index (χ4n) is 1.99. The van der Waals surface area contributed by atoms with Crippen molar-refractivity contribution < 1.29 is 14.3 Å². The van der Waals surface area contributed by atoms with Crippen LogP contribution in [0.2, 0.25) is 0 Å². The van der Waals surface area contributed by atoms with Crippen LogP contribution in [-0.4, -0.2) is 50.2 Å². The summed E-state index contributed by atoms with van der Waals surface area (Å²) >= 11 is 0. The molecule has 2 rings (SSSR count). The number of hydrogen-bond acceptors (Lipinski definition) is 4. The Morgan fingerprint density at radius 3 is 2.65 bits per heavy atom. The van der Waals surface area contributed by atoms with Gasteiger partial charge in [-0.2, -0.15) is 0 Å². The van der Waals surface area contributed by atoms with Gasteiger partial charge in [0.05, 0.1) is 20.3 Å². The van der Waals surface area contributed by atoms with Crippen molar-refractivity contribution in [3.05, 3.63) is 23.8 Å². The minimum Gasteiger partial charge on any atom is -0.494 e. The van der Waals surface area contributed by atoms with Crippen molar-refractivity contribution in [2.75, 3.05) is 33.4 Å². The van der Waals surface area contributed by atoms with Crippen LogP contribution in [0.4, 0.5) is 5.69 Å². The third kappa shape index (κ3) is 3.18. The van der Waals surface area contributed by atoms with Crippen molar-refractivity contribution in [1.82, 2.24) is 4.90 Å². The maximum absolute atomic E-state index is 12.3. The zero-order valence-corrected chi connectivity index (χ0v) is 11.3. The number of amides is 1. The van der Waals surface area contributed by atoms with Gasteiger partial charge in [0.2, 0.25) is 0 Å². The number of carbonyl (C=O) groups excluding carboxylic acids is 1. The minimum atomic E-state index is -0.0597. The Morgan fingerprint density at radius 2 is 2.05 bits per heavy atom. The lowest BCUT2D eigenvalue weighted by atomic mass is 10.1. The molecule has 7 nitrogen and oxygen atoms in total. The predicted octanol–water partition coefficient (Wildman–Crippen LogP) is 0.0725. The van der Waals surface area contributed by atoms with Crippen LogP contribution in [0.25, 0.3) is 0 Å². The molecule has 1 aromatic carbocycles. The van der Waals surface area contributed by atoms with Gasteiger partial charge in [0, 0.05) is 18.7 Å². The Labute approximate surface area is 117 Å². The molecule has 0 saturated carbocycles. The molecule has 0 aliphatic carbocycles. The second-order valence-electron chi connectivity index (χ2n) is 4.33. The summed E-state index contributed by atoms with van der Waals surface area (Å²) in [5, 5.41) is 0. The van der Waals surface area contributed by atoms with Crippen LogP contribution >= 0.6 is 0 Å². The third-order valence-corrected chi connectivity index (χ3v) is 2.97. The van der Waals surface area contributed by atoms with Crippen molar-refractivity contribution in [2.45, 2.75) is 0 Å². The lowest BCUT2D eigenvalue weighted by molar-refractivity contribution is 0.0302. The van der Waals surface area contributed by atoms with Crippen molar-refractivity contribution in [3.8, 4) is 5.75 Å². The van der Waals surface area contributed by atoms with Gasteiger partial charge in [-0.3, -0.25) is 4.79 Å². The molecule has 1 amide bonds. The van der Waals surface area contributed by atoms with Gasteiger partial charge in [0.15, 0.2) is 5.96 Å². The van der Waals surface area contributed by atoms with E-state index >= 15 is 0 Å². The first-order chi connectivity index (χ1) is 9.61. The largest absolute Gasteiger partial charge is 0.494 e. The number of benzene rings is 1. The Kier molecular flexibility index (Phi) is 4.41. The molecule has 1 aliphatic heterocycles. The molecule has 1 heterocycles. The van der Waals surface area contributed by atoms with Crippen molar-refractivity contribution in [1.29, 1.82) is 0 Å². The van der Waals surface area contributed by atoms with E-state index in [0.29, 0.717) is 43.3 Å². The van der Waals surface area contributed by atoms with Crippen molar-refractivity contribution >= 4 is 17.6 Å². The zero-order valence-electron chi connectivity index (χ0n) is 11.3. The number of ether oxygens (including phenoxy) is 2. The molecule has 20 heavy (non-hydrogen) atoms. The van der Waals surface area contributed by atoms with Crippen LogP contribution in [-0.2, 0) is 4.74 Å². The number of aliphatic imine (C=N–C) groups is 1. The monoisotopic (exact) mass is 278 g/mol. The maximum Gasteiger partial charge on any atom is 0.254 e. The first kappa shape index (κ1) is 14.1. The molecule has 0 unspecified atom stereocenters. The first-order valence-electron chi connectivity index (χ1n) is 6.26. The molecule has 7 heteroatoms. The van der Waals surface area contributed by atoms with Crippen molar-refractivity contribution in [2.24, 2.45) is 16.5 Å². The van der Waals surface area contributed by atoms with E-state index in [1.807, 2.05) is 0 Å². The van der Waals surface area contributed by atoms with E-state index in [-0.39, 0.29) is 11.9 Å². The number of carbonyl (C=O) groups is 1. The molecular formula is C13H18N4O3. The van der Waals surface area contributed by atoms with E-state index in [2.05, 4.69) is 4.99 Å². The number of hydrogen-bond donors (Lipinski definition) is 2. The van der Waals surface area contributed by atoms with Crippen LogP contribution in [0.1, 0.15) is 10.4 Å². The first-order valence-corrected chi connectivity index (χ1v) is 6.26. The zero-order chi connectivity index (χ0) is 14.5. The van der Waals surface area contributed by atoms with Crippen LogP contribution in [0.15, 0.2) is 23.2 Å². The van der Waals surface area contributed by atoms with E-state index in [0.717, 1.165) is 0 Å². The molecule has 0 spiro atoms. The SMILES string of the molecule is COc1cc(C(=O)N2CCOCC2)ccc1N=C(N)N. The highest BCUT2D eigenvalue weighted by Crippen LogP contribution is 2.28. The summed E-state index contributed by atoms with van der Waals surface area (Å²) in [6, 6.07) is 4.98. The molecule has 4 N–H and O–H groups in total. The molecule has 1 fully saturated rings. The molecule has 1 saturated heterocycles. The Hall–Kier alpha value is -2.28. The van der Waals surface area contributed by atoms with Crippen LogP contribution in [0.3, 0.4) is 0 Å². The summed E-state index contributed by atoms with van der Waals surface area (Å²) in [6.07, 6.45) is 0.